The molecule has 3 nitrogen and oxygen atoms in total. The van der Waals surface area contributed by atoms with E-state index in [0.717, 1.165) is 32.2 Å². The smallest absolute Gasteiger partial charge is 0.107 e. The van der Waals surface area contributed by atoms with Crippen molar-refractivity contribution in [2.75, 3.05) is 39.4 Å². The summed E-state index contributed by atoms with van der Waals surface area (Å²) in [6.07, 6.45) is 3.45. The van der Waals surface area contributed by atoms with E-state index in [2.05, 4.69) is 35.9 Å². The van der Waals surface area contributed by atoms with Crippen molar-refractivity contribution in [3.8, 4) is 11.8 Å². The average molecular weight is 299 g/mol. The Morgan fingerprint density at radius 3 is 2.19 bits per heavy atom. The second-order valence-corrected chi connectivity index (χ2v) is 4.43. The summed E-state index contributed by atoms with van der Waals surface area (Å²) in [6.45, 7) is 18.2. The molecule has 126 valence electrons. The van der Waals surface area contributed by atoms with Crippen LogP contribution in [0.25, 0.3) is 0 Å². The van der Waals surface area contributed by atoms with Gasteiger partial charge in [0.1, 0.15) is 6.61 Å². The van der Waals surface area contributed by atoms with Gasteiger partial charge < -0.3 is 15.0 Å². The molecule has 3 heteroatoms. The summed E-state index contributed by atoms with van der Waals surface area (Å²) in [5.74, 6) is 6.01. The Kier molecular flexibility index (Phi) is 21.0. The minimum Gasteiger partial charge on any atom is -0.367 e. The molecule has 1 heterocycles. The number of nitrogens with one attached hydrogen (secondary N) is 1. The molecule has 21 heavy (non-hydrogen) atoms. The van der Waals surface area contributed by atoms with Crippen LogP contribution in [0.4, 0.5) is 0 Å². The lowest BCUT2D eigenvalue weighted by atomic mass is 10.1. The van der Waals surface area contributed by atoms with Crippen LogP contribution in [0.3, 0.4) is 0 Å². The molecule has 0 aromatic rings. The molecule has 0 bridgehead atoms. The summed E-state index contributed by atoms with van der Waals surface area (Å²) < 4.78 is 5.48. The number of hydrogen-bond acceptors (Lipinski definition) is 3. The van der Waals surface area contributed by atoms with Crippen LogP contribution in [0.15, 0.2) is 0 Å². The summed E-state index contributed by atoms with van der Waals surface area (Å²) in [7, 11) is 0. The second-order valence-electron chi connectivity index (χ2n) is 4.43. The van der Waals surface area contributed by atoms with E-state index < -0.39 is 0 Å². The highest BCUT2D eigenvalue weighted by Gasteiger charge is 2.17. The van der Waals surface area contributed by atoms with Gasteiger partial charge in [-0.15, -0.1) is 5.92 Å². The van der Waals surface area contributed by atoms with Crippen molar-refractivity contribution >= 4 is 0 Å². The molecule has 1 aliphatic rings. The monoisotopic (exact) mass is 298 g/mol. The van der Waals surface area contributed by atoms with Crippen molar-refractivity contribution in [1.29, 1.82) is 0 Å². The molecule has 0 amide bonds. The van der Waals surface area contributed by atoms with Crippen molar-refractivity contribution in [1.82, 2.24) is 10.2 Å². The van der Waals surface area contributed by atoms with Crippen molar-refractivity contribution in [2.24, 2.45) is 0 Å². The molecule has 0 atom stereocenters. The lowest BCUT2D eigenvalue weighted by Crippen LogP contribution is -2.43. The fourth-order valence-corrected chi connectivity index (χ4v) is 2.14. The zero-order valence-electron chi connectivity index (χ0n) is 15.3. The Balaban J connectivity index is 0. The predicted molar refractivity (Wildman–Crippen MR) is 94.7 cm³/mol. The minimum absolute atomic E-state index is 0.585. The molecule has 1 fully saturated rings. The molecule has 1 aliphatic heterocycles. The largest absolute Gasteiger partial charge is 0.367 e. The molecule has 1 rings (SSSR count). The molecular formula is C18H38N2O. The van der Waals surface area contributed by atoms with E-state index in [-0.39, 0.29) is 0 Å². The first-order chi connectivity index (χ1) is 10.4. The van der Waals surface area contributed by atoms with Gasteiger partial charge in [0.05, 0.1) is 6.61 Å². The highest BCUT2D eigenvalue weighted by molar-refractivity contribution is 4.97. The van der Waals surface area contributed by atoms with Gasteiger partial charge in [0.2, 0.25) is 0 Å². The highest BCUT2D eigenvalue weighted by atomic mass is 16.5. The number of hydrogen-bond donors (Lipinski definition) is 1. The molecule has 0 aromatic heterocycles. The first-order valence-electron chi connectivity index (χ1n) is 8.86. The Bertz CT molecular complexity index is 237. The summed E-state index contributed by atoms with van der Waals surface area (Å²) in [5.41, 5.74) is 0. The molecule has 0 aliphatic carbocycles. The molecule has 0 saturated carbocycles. The van der Waals surface area contributed by atoms with Crippen LogP contribution in [0, 0.1) is 11.8 Å². The Labute approximate surface area is 133 Å². The van der Waals surface area contributed by atoms with Gasteiger partial charge in [-0.1, -0.05) is 47.5 Å². The number of rotatable bonds is 6. The maximum Gasteiger partial charge on any atom is 0.107 e. The highest BCUT2D eigenvalue weighted by Crippen LogP contribution is 2.09. The van der Waals surface area contributed by atoms with Crippen LogP contribution in [-0.4, -0.2) is 50.3 Å². The first kappa shape index (κ1) is 22.7. The van der Waals surface area contributed by atoms with Crippen LogP contribution >= 0.6 is 0 Å². The maximum atomic E-state index is 5.48. The van der Waals surface area contributed by atoms with Gasteiger partial charge in [-0.3, -0.25) is 0 Å². The molecule has 0 spiro atoms. The lowest BCUT2D eigenvalue weighted by Gasteiger charge is -2.32. The van der Waals surface area contributed by atoms with Crippen molar-refractivity contribution in [3.05, 3.63) is 0 Å². The fourth-order valence-electron chi connectivity index (χ4n) is 2.14. The third kappa shape index (κ3) is 14.2. The molecule has 1 saturated heterocycles. The van der Waals surface area contributed by atoms with Gasteiger partial charge >= 0.3 is 0 Å². The molecular weight excluding hydrogens is 260 g/mol. The Hall–Kier alpha value is -0.560. The zero-order valence-corrected chi connectivity index (χ0v) is 15.3. The van der Waals surface area contributed by atoms with Crippen LogP contribution < -0.4 is 5.32 Å². The number of likely N-dealkylation sites (tertiary alicyclic amines) is 1. The SMILES string of the molecule is CC.CC.CCC#CCOCCN1CCC(NCC)CC1. The molecule has 0 radical (unpaired) electrons. The average Bonchev–Trinajstić information content (AvgIpc) is 2.56. The van der Waals surface area contributed by atoms with E-state index in [1.165, 1.54) is 25.9 Å². The number of piperidine rings is 1. The number of ether oxygens (including phenoxy) is 1. The fraction of sp³-hybridized carbons (Fsp3) is 0.889. The molecule has 0 aromatic carbocycles. The topological polar surface area (TPSA) is 24.5 Å². The lowest BCUT2D eigenvalue weighted by molar-refractivity contribution is 0.111. The zero-order chi connectivity index (χ0) is 16.3. The van der Waals surface area contributed by atoms with Crippen LogP contribution in [-0.2, 0) is 4.74 Å². The Morgan fingerprint density at radius 2 is 1.67 bits per heavy atom. The molecule has 0 unspecified atom stereocenters. The van der Waals surface area contributed by atoms with Crippen LogP contribution in [0.2, 0.25) is 0 Å². The van der Waals surface area contributed by atoms with Gasteiger partial charge in [0, 0.05) is 19.0 Å². The number of nitrogens with zero attached hydrogens (tertiary/aromatic N) is 1. The Morgan fingerprint density at radius 1 is 1.05 bits per heavy atom. The van der Waals surface area contributed by atoms with Gasteiger partial charge in [0.15, 0.2) is 0 Å². The van der Waals surface area contributed by atoms with E-state index in [4.69, 9.17) is 4.74 Å². The van der Waals surface area contributed by atoms with E-state index in [1.54, 1.807) is 0 Å². The van der Waals surface area contributed by atoms with Crippen LogP contribution in [0.1, 0.15) is 60.8 Å². The van der Waals surface area contributed by atoms with Crippen molar-refractivity contribution < 1.29 is 4.74 Å². The standard InChI is InChI=1S/C14H26N2O.2C2H6/c1-3-5-6-12-17-13-11-16-9-7-14(8-10-16)15-4-2;2*1-2/h14-15H,3-4,7-13H2,1-2H3;2*1-2H3. The normalized spacial score (nSPS) is 15.0. The van der Waals surface area contributed by atoms with Crippen molar-refractivity contribution in [2.45, 2.75) is 66.8 Å². The van der Waals surface area contributed by atoms with E-state index in [9.17, 15) is 0 Å². The summed E-state index contributed by atoms with van der Waals surface area (Å²) in [5, 5.41) is 3.52. The van der Waals surface area contributed by atoms with Gasteiger partial charge in [-0.2, -0.15) is 0 Å². The van der Waals surface area contributed by atoms with Crippen molar-refractivity contribution in [3.63, 3.8) is 0 Å². The predicted octanol–water partition coefficient (Wildman–Crippen LogP) is 3.54. The van der Waals surface area contributed by atoms with Gasteiger partial charge in [-0.05, 0) is 32.5 Å². The summed E-state index contributed by atoms with van der Waals surface area (Å²) in [6, 6.07) is 0.729. The first-order valence-corrected chi connectivity index (χ1v) is 8.86. The summed E-state index contributed by atoms with van der Waals surface area (Å²) in [4.78, 5) is 2.49. The second kappa shape index (κ2) is 19.4. The van der Waals surface area contributed by atoms with E-state index in [1.807, 2.05) is 27.7 Å². The third-order valence-electron chi connectivity index (χ3n) is 3.11. The maximum absolute atomic E-state index is 5.48. The minimum atomic E-state index is 0.585. The third-order valence-corrected chi connectivity index (χ3v) is 3.11. The van der Waals surface area contributed by atoms with E-state index in [0.29, 0.717) is 6.61 Å². The van der Waals surface area contributed by atoms with Gasteiger partial charge in [-0.25, -0.2) is 0 Å². The summed E-state index contributed by atoms with van der Waals surface area (Å²) >= 11 is 0. The quantitative estimate of drug-likeness (QED) is 0.599. The van der Waals surface area contributed by atoms with Gasteiger partial charge in [0.25, 0.3) is 0 Å². The molecule has 1 N–H and O–H groups in total. The van der Waals surface area contributed by atoms with E-state index >= 15 is 0 Å². The van der Waals surface area contributed by atoms with Crippen LogP contribution in [0.5, 0.6) is 0 Å².